The molecule has 19 unspecified atom stereocenters. The Morgan fingerprint density at radius 2 is 1.04 bits per heavy atom. The van der Waals surface area contributed by atoms with Crippen molar-refractivity contribution >= 4 is 5.57 Å². The van der Waals surface area contributed by atoms with Crippen LogP contribution in [0.4, 0.5) is 43.9 Å². The third-order valence-electron chi connectivity index (χ3n) is 22.6. The molecule has 75 heavy (non-hydrogen) atoms. The van der Waals surface area contributed by atoms with Crippen molar-refractivity contribution in [3.63, 3.8) is 0 Å². The van der Waals surface area contributed by atoms with Gasteiger partial charge >= 0.3 is 0 Å². The van der Waals surface area contributed by atoms with E-state index in [1.165, 1.54) is 55.2 Å². The van der Waals surface area contributed by atoms with Gasteiger partial charge in [-0.3, -0.25) is 0 Å². The maximum atomic E-state index is 16.1. The molecule has 12 aliphatic carbocycles. The molecule has 0 aliphatic heterocycles. The number of rotatable bonds is 6. The van der Waals surface area contributed by atoms with E-state index in [4.69, 9.17) is 0 Å². The quantitative estimate of drug-likeness (QED) is 0.197. The molecule has 0 saturated heterocycles. The monoisotopic (exact) mass is 1040 g/mol. The van der Waals surface area contributed by atoms with Gasteiger partial charge in [0.15, 0.2) is 36.3 Å². The second-order valence-electron chi connectivity index (χ2n) is 25.5. The van der Waals surface area contributed by atoms with Crippen molar-refractivity contribution < 1.29 is 43.9 Å². The summed E-state index contributed by atoms with van der Waals surface area (Å²) in [5, 5.41) is 0. The van der Waals surface area contributed by atoms with Crippen LogP contribution in [0.15, 0.2) is 111 Å². The summed E-state index contributed by atoms with van der Waals surface area (Å²) in [5.74, 6) is -8.18. The fourth-order valence-electron chi connectivity index (χ4n) is 20.0. The standard InChI is InChI=1S/C65H74F10/c66-55-53(56(67)60(71)63(74)59(55)70)51-43-19-5-1-15-39(43)49(40-16-2-6-20-44(40)51)33-25-29-35(30-26-33)65(47-23-11-9-13-37(47)38-14-10-12-24-48(38)65)36-31-27-34(28-32-36)50-41-17-3-7-21-45(41)52(46-22-8-4-18-42(46)50)54-57(68)61(72)64(75)62(73)58(54)69/h5,19,25,27-33,37-41,43,45,47-49,53-55,57,59,61,63-64H,1-4,6-18,20-24,26H2. The summed E-state index contributed by atoms with van der Waals surface area (Å²) in [7, 11) is 0. The van der Waals surface area contributed by atoms with Crippen LogP contribution in [0.5, 0.6) is 0 Å². The molecule has 1 aromatic rings. The van der Waals surface area contributed by atoms with Gasteiger partial charge in [-0.2, -0.15) is 0 Å². The highest BCUT2D eigenvalue weighted by Crippen LogP contribution is 2.68. The van der Waals surface area contributed by atoms with E-state index < -0.39 is 72.2 Å². The van der Waals surface area contributed by atoms with Crippen molar-refractivity contribution in [1.82, 2.24) is 0 Å². The van der Waals surface area contributed by atoms with Crippen LogP contribution in [0.3, 0.4) is 0 Å². The van der Waals surface area contributed by atoms with Gasteiger partial charge in [-0.25, -0.2) is 43.9 Å². The third kappa shape index (κ3) is 7.74. The SMILES string of the molecule is FC1=C(F)C(C2=C3CCCCC3C(C3C=CC(C4(c5ccc(C6=C7CCCCC7=C(C7C(F)=C(F)C(F)C(F)C7F)C7CCCCC67)cc5)C5CCCCC5C5CCCCC54)=CC3)C3CCC=CC23)C(F)C(F)C1F. The van der Waals surface area contributed by atoms with Gasteiger partial charge in [0.25, 0.3) is 0 Å². The molecule has 0 aromatic heterocycles. The summed E-state index contributed by atoms with van der Waals surface area (Å²) in [6.07, 6.45) is 16.9. The van der Waals surface area contributed by atoms with Gasteiger partial charge in [0.1, 0.15) is 24.0 Å². The van der Waals surface area contributed by atoms with Gasteiger partial charge in [0.2, 0.25) is 0 Å². The number of fused-ring (bicyclic) bond motifs is 7. The number of halogens is 10. The Balaban J connectivity index is 0.889. The van der Waals surface area contributed by atoms with Crippen LogP contribution < -0.4 is 0 Å². The van der Waals surface area contributed by atoms with Crippen LogP contribution in [0, 0.1) is 76.9 Å². The zero-order chi connectivity index (χ0) is 51.6. The van der Waals surface area contributed by atoms with Crippen molar-refractivity contribution in [2.24, 2.45) is 76.9 Å². The largest absolute Gasteiger partial charge is 0.243 e. The normalized spacial score (nSPS) is 44.9. The van der Waals surface area contributed by atoms with Gasteiger partial charge in [-0.1, -0.05) is 116 Å². The first kappa shape index (κ1) is 50.9. The van der Waals surface area contributed by atoms with Crippen LogP contribution in [-0.2, 0) is 5.41 Å². The predicted octanol–water partition coefficient (Wildman–Crippen LogP) is 18.8. The van der Waals surface area contributed by atoms with Crippen LogP contribution >= 0.6 is 0 Å². The van der Waals surface area contributed by atoms with E-state index >= 15 is 35.1 Å². The van der Waals surface area contributed by atoms with Crippen molar-refractivity contribution in [3.05, 3.63) is 123 Å². The highest BCUT2D eigenvalue weighted by atomic mass is 19.2. The lowest BCUT2D eigenvalue weighted by molar-refractivity contribution is 0.0320. The first-order chi connectivity index (χ1) is 36.4. The molecule has 0 bridgehead atoms. The molecular formula is C65H74F10. The Bertz CT molecular complexity index is 2640. The molecule has 0 radical (unpaired) electrons. The highest BCUT2D eigenvalue weighted by Gasteiger charge is 2.63. The van der Waals surface area contributed by atoms with E-state index in [0.717, 1.165) is 112 Å². The Kier molecular flexibility index (Phi) is 13.6. The number of hydrogen-bond donors (Lipinski definition) is 0. The Hall–Kier alpha value is -3.56. The van der Waals surface area contributed by atoms with Gasteiger partial charge in [-0.05, 0) is 195 Å². The van der Waals surface area contributed by atoms with Crippen molar-refractivity contribution in [3.8, 4) is 0 Å². The summed E-state index contributed by atoms with van der Waals surface area (Å²) in [6, 6.07) is 9.46. The van der Waals surface area contributed by atoms with Crippen LogP contribution in [0.1, 0.15) is 159 Å². The smallest absolute Gasteiger partial charge is 0.188 e. The van der Waals surface area contributed by atoms with E-state index in [-0.39, 0.29) is 46.8 Å². The minimum atomic E-state index is -2.93. The van der Waals surface area contributed by atoms with Crippen LogP contribution in [-0.4, -0.2) is 37.0 Å². The first-order valence-corrected chi connectivity index (χ1v) is 29.7. The zero-order valence-electron chi connectivity index (χ0n) is 43.2. The molecule has 0 N–H and O–H groups in total. The molecule has 19 atom stereocenters. The minimum absolute atomic E-state index is 0.0177. The summed E-state index contributed by atoms with van der Waals surface area (Å²) in [5.41, 5.74) is 8.71. The number of benzene rings is 1. The highest BCUT2D eigenvalue weighted by molar-refractivity contribution is 5.78. The molecule has 6 saturated carbocycles. The van der Waals surface area contributed by atoms with Gasteiger partial charge in [0.05, 0.1) is 11.8 Å². The van der Waals surface area contributed by atoms with Crippen LogP contribution in [0.25, 0.3) is 5.57 Å². The molecule has 6 fully saturated rings. The molecule has 1 aromatic carbocycles. The summed E-state index contributed by atoms with van der Waals surface area (Å²) < 4.78 is 154. The zero-order valence-corrected chi connectivity index (χ0v) is 43.2. The average molecular weight is 1050 g/mol. The Morgan fingerprint density at radius 1 is 0.480 bits per heavy atom. The topological polar surface area (TPSA) is 0 Å². The maximum absolute atomic E-state index is 16.1. The molecule has 0 spiro atoms. The molecule has 404 valence electrons. The van der Waals surface area contributed by atoms with Crippen LogP contribution in [0.2, 0.25) is 0 Å². The summed E-state index contributed by atoms with van der Waals surface area (Å²) >= 11 is 0. The molecule has 0 nitrogen and oxygen atoms in total. The van der Waals surface area contributed by atoms with Gasteiger partial charge in [-0.15, -0.1) is 0 Å². The molecular weight excluding hydrogens is 971 g/mol. The molecule has 12 aliphatic rings. The van der Waals surface area contributed by atoms with E-state index in [9.17, 15) is 8.78 Å². The lowest BCUT2D eigenvalue weighted by Gasteiger charge is -2.53. The van der Waals surface area contributed by atoms with E-state index in [0.29, 0.717) is 54.1 Å². The fourth-order valence-corrected chi connectivity index (χ4v) is 20.0. The molecule has 13 rings (SSSR count). The predicted molar refractivity (Wildman–Crippen MR) is 275 cm³/mol. The van der Waals surface area contributed by atoms with Crippen molar-refractivity contribution in [2.75, 3.05) is 0 Å². The van der Waals surface area contributed by atoms with E-state index in [1.54, 1.807) is 0 Å². The molecule has 10 heteroatoms. The van der Waals surface area contributed by atoms with E-state index in [1.807, 2.05) is 6.08 Å². The number of allylic oxidation sites excluding steroid dienone is 16. The lowest BCUT2D eigenvalue weighted by Crippen LogP contribution is -2.48. The minimum Gasteiger partial charge on any atom is -0.243 e. The number of alkyl halides is 6. The van der Waals surface area contributed by atoms with Gasteiger partial charge in [0, 0.05) is 11.3 Å². The lowest BCUT2D eigenvalue weighted by atomic mass is 9.52. The Labute approximate surface area is 437 Å². The first-order valence-electron chi connectivity index (χ1n) is 29.7. The van der Waals surface area contributed by atoms with Gasteiger partial charge < -0.3 is 0 Å². The third-order valence-corrected chi connectivity index (χ3v) is 22.6. The fraction of sp³-hybridized carbons (Fsp3) is 0.662. The Morgan fingerprint density at radius 3 is 1.68 bits per heavy atom. The summed E-state index contributed by atoms with van der Waals surface area (Å²) in [6.45, 7) is 0. The number of hydrogen-bond acceptors (Lipinski definition) is 0. The second kappa shape index (κ2) is 20.0. The van der Waals surface area contributed by atoms with Crippen molar-refractivity contribution in [1.29, 1.82) is 0 Å². The van der Waals surface area contributed by atoms with Crippen molar-refractivity contribution in [2.45, 2.75) is 190 Å². The molecule has 0 heterocycles. The van der Waals surface area contributed by atoms with E-state index in [2.05, 4.69) is 48.6 Å². The second-order valence-corrected chi connectivity index (χ2v) is 25.5. The average Bonchev–Trinajstić information content (AvgIpc) is 3.93. The molecule has 0 amide bonds. The summed E-state index contributed by atoms with van der Waals surface area (Å²) in [4.78, 5) is 0. The maximum Gasteiger partial charge on any atom is 0.188 e.